The second-order valence-corrected chi connectivity index (χ2v) is 3.93. The average Bonchev–Trinajstić information content (AvgIpc) is 2.41. The Balaban J connectivity index is 2.33. The maximum absolute atomic E-state index is 13.4. The largest absolute Gasteiger partial charge is 0.478 e. The number of carboxylic acid groups (broad SMARTS) is 1. The monoisotopic (exact) mass is 277 g/mol. The third-order valence-electron chi connectivity index (χ3n) is 2.58. The molecule has 2 aromatic rings. The highest BCUT2D eigenvalue weighted by atomic mass is 19.1. The number of nitrogens with one attached hydrogen (secondary N) is 1. The van der Waals surface area contributed by atoms with E-state index >= 15 is 0 Å². The van der Waals surface area contributed by atoms with Crippen molar-refractivity contribution >= 4 is 17.6 Å². The Morgan fingerprint density at radius 2 is 1.70 bits per heavy atom. The number of benzene rings is 2. The third kappa shape index (κ3) is 2.80. The maximum atomic E-state index is 13.4. The quantitative estimate of drug-likeness (QED) is 0.906. The minimum Gasteiger partial charge on any atom is -0.478 e. The fraction of sp³-hybridized carbons (Fsp3) is 0. The molecular formula is C14H9F2NO3. The van der Waals surface area contributed by atoms with Gasteiger partial charge < -0.3 is 10.4 Å². The van der Waals surface area contributed by atoms with Crippen molar-refractivity contribution < 1.29 is 23.5 Å². The molecule has 0 aliphatic heterocycles. The van der Waals surface area contributed by atoms with Crippen LogP contribution in [-0.4, -0.2) is 17.0 Å². The van der Waals surface area contributed by atoms with E-state index in [9.17, 15) is 18.4 Å². The first kappa shape index (κ1) is 13.7. The molecule has 0 saturated carbocycles. The molecule has 0 saturated heterocycles. The average molecular weight is 277 g/mol. The van der Waals surface area contributed by atoms with Crippen molar-refractivity contribution in [3.8, 4) is 0 Å². The molecule has 2 rings (SSSR count). The highest BCUT2D eigenvalue weighted by Gasteiger charge is 2.16. The number of carbonyl (C=O) groups is 2. The summed E-state index contributed by atoms with van der Waals surface area (Å²) in [6, 6.07) is 8.15. The highest BCUT2D eigenvalue weighted by molar-refractivity contribution is 6.07. The van der Waals surface area contributed by atoms with Gasteiger partial charge in [-0.1, -0.05) is 12.1 Å². The van der Waals surface area contributed by atoms with E-state index in [1.54, 1.807) is 0 Å². The molecule has 0 unspecified atom stereocenters. The van der Waals surface area contributed by atoms with E-state index in [1.165, 1.54) is 18.2 Å². The van der Waals surface area contributed by atoms with Crippen LogP contribution in [0.1, 0.15) is 20.7 Å². The van der Waals surface area contributed by atoms with Crippen molar-refractivity contribution in [3.63, 3.8) is 0 Å². The van der Waals surface area contributed by atoms with Crippen LogP contribution in [-0.2, 0) is 0 Å². The molecule has 0 spiro atoms. The minimum atomic E-state index is -1.40. The number of amides is 1. The van der Waals surface area contributed by atoms with Crippen LogP contribution in [0.5, 0.6) is 0 Å². The zero-order chi connectivity index (χ0) is 14.7. The van der Waals surface area contributed by atoms with Gasteiger partial charge in [0.05, 0.1) is 16.8 Å². The van der Waals surface area contributed by atoms with Crippen LogP contribution in [0, 0.1) is 11.6 Å². The van der Waals surface area contributed by atoms with Crippen molar-refractivity contribution in [2.45, 2.75) is 0 Å². The van der Waals surface area contributed by atoms with Crippen LogP contribution < -0.4 is 5.32 Å². The van der Waals surface area contributed by atoms with Gasteiger partial charge in [0.1, 0.15) is 11.6 Å². The van der Waals surface area contributed by atoms with Gasteiger partial charge >= 0.3 is 5.97 Å². The molecule has 0 radical (unpaired) electrons. The Labute approximate surface area is 112 Å². The lowest BCUT2D eigenvalue weighted by molar-refractivity contribution is 0.0697. The van der Waals surface area contributed by atoms with Crippen molar-refractivity contribution in [1.29, 1.82) is 0 Å². The van der Waals surface area contributed by atoms with Gasteiger partial charge in [0.25, 0.3) is 5.91 Å². The van der Waals surface area contributed by atoms with E-state index in [-0.39, 0.29) is 11.3 Å². The number of hydrogen-bond donors (Lipinski definition) is 2. The first-order chi connectivity index (χ1) is 9.49. The summed E-state index contributed by atoms with van der Waals surface area (Å²) in [7, 11) is 0. The van der Waals surface area contributed by atoms with Crippen molar-refractivity contribution in [3.05, 3.63) is 65.2 Å². The maximum Gasteiger partial charge on any atom is 0.337 e. The molecule has 0 aliphatic rings. The van der Waals surface area contributed by atoms with E-state index in [4.69, 9.17) is 5.11 Å². The molecule has 0 heterocycles. The van der Waals surface area contributed by atoms with Crippen molar-refractivity contribution in [2.75, 3.05) is 5.32 Å². The van der Waals surface area contributed by atoms with Gasteiger partial charge in [-0.2, -0.15) is 0 Å². The van der Waals surface area contributed by atoms with Gasteiger partial charge in [-0.3, -0.25) is 4.79 Å². The standard InChI is InChI=1S/C14H9F2NO3/c15-8-5-6-12(10(7-8)14(19)20)17-13(18)9-3-1-2-4-11(9)16/h1-7H,(H,17,18)(H,19,20). The smallest absolute Gasteiger partial charge is 0.337 e. The molecule has 102 valence electrons. The molecule has 6 heteroatoms. The van der Waals surface area contributed by atoms with Crippen LogP contribution in [0.25, 0.3) is 0 Å². The van der Waals surface area contributed by atoms with Gasteiger partial charge in [-0.05, 0) is 30.3 Å². The minimum absolute atomic E-state index is 0.104. The van der Waals surface area contributed by atoms with Gasteiger partial charge in [-0.15, -0.1) is 0 Å². The molecule has 20 heavy (non-hydrogen) atoms. The number of carboxylic acids is 1. The number of anilines is 1. The van der Waals surface area contributed by atoms with E-state index in [0.717, 1.165) is 24.3 Å². The summed E-state index contributed by atoms with van der Waals surface area (Å²) in [5.41, 5.74) is -0.741. The first-order valence-electron chi connectivity index (χ1n) is 5.58. The van der Waals surface area contributed by atoms with Gasteiger partial charge in [0, 0.05) is 0 Å². The van der Waals surface area contributed by atoms with Crippen LogP contribution in [0.15, 0.2) is 42.5 Å². The lowest BCUT2D eigenvalue weighted by atomic mass is 10.1. The summed E-state index contributed by atoms with van der Waals surface area (Å²) < 4.78 is 26.4. The summed E-state index contributed by atoms with van der Waals surface area (Å²) in [5, 5.41) is 11.2. The molecule has 0 atom stereocenters. The summed E-state index contributed by atoms with van der Waals surface area (Å²) in [6.07, 6.45) is 0. The van der Waals surface area contributed by atoms with Crippen LogP contribution >= 0.6 is 0 Å². The molecule has 2 aromatic carbocycles. The van der Waals surface area contributed by atoms with Crippen molar-refractivity contribution in [1.82, 2.24) is 0 Å². The first-order valence-corrected chi connectivity index (χ1v) is 5.58. The van der Waals surface area contributed by atoms with Crippen LogP contribution in [0.3, 0.4) is 0 Å². The van der Waals surface area contributed by atoms with E-state index < -0.39 is 29.1 Å². The SMILES string of the molecule is O=C(Nc1ccc(F)cc1C(=O)O)c1ccccc1F. The summed E-state index contributed by atoms with van der Waals surface area (Å²) in [6.45, 7) is 0. The van der Waals surface area contributed by atoms with E-state index in [0.29, 0.717) is 0 Å². The Morgan fingerprint density at radius 1 is 1.00 bits per heavy atom. The predicted octanol–water partition coefficient (Wildman–Crippen LogP) is 2.92. The van der Waals surface area contributed by atoms with Gasteiger partial charge in [0.2, 0.25) is 0 Å². The number of aromatic carboxylic acids is 1. The Kier molecular flexibility index (Phi) is 3.74. The predicted molar refractivity (Wildman–Crippen MR) is 67.7 cm³/mol. The molecule has 0 bridgehead atoms. The highest BCUT2D eigenvalue weighted by Crippen LogP contribution is 2.18. The summed E-state index contributed by atoms with van der Waals surface area (Å²) in [5.74, 6) is -3.68. The lowest BCUT2D eigenvalue weighted by Gasteiger charge is -2.09. The lowest BCUT2D eigenvalue weighted by Crippen LogP contribution is -2.16. The van der Waals surface area contributed by atoms with Crippen LogP contribution in [0.2, 0.25) is 0 Å². The summed E-state index contributed by atoms with van der Waals surface area (Å²) >= 11 is 0. The fourth-order valence-corrected chi connectivity index (χ4v) is 1.64. The van der Waals surface area contributed by atoms with E-state index in [1.807, 2.05) is 0 Å². The Morgan fingerprint density at radius 3 is 2.35 bits per heavy atom. The normalized spacial score (nSPS) is 10.1. The molecule has 2 N–H and O–H groups in total. The van der Waals surface area contributed by atoms with Gasteiger partial charge in [-0.25, -0.2) is 13.6 Å². The molecule has 0 aliphatic carbocycles. The molecule has 1 amide bonds. The fourth-order valence-electron chi connectivity index (χ4n) is 1.64. The molecule has 0 fully saturated rings. The molecule has 4 nitrogen and oxygen atoms in total. The molecule has 0 aromatic heterocycles. The zero-order valence-corrected chi connectivity index (χ0v) is 10.1. The number of hydrogen-bond acceptors (Lipinski definition) is 2. The van der Waals surface area contributed by atoms with E-state index in [2.05, 4.69) is 5.32 Å². The number of rotatable bonds is 3. The molecular weight excluding hydrogens is 268 g/mol. The Hall–Kier alpha value is -2.76. The van der Waals surface area contributed by atoms with Gasteiger partial charge in [0.15, 0.2) is 0 Å². The van der Waals surface area contributed by atoms with Crippen LogP contribution in [0.4, 0.5) is 14.5 Å². The number of carbonyl (C=O) groups excluding carboxylic acids is 1. The second-order valence-electron chi connectivity index (χ2n) is 3.93. The number of halogens is 2. The van der Waals surface area contributed by atoms with Crippen molar-refractivity contribution in [2.24, 2.45) is 0 Å². The Bertz CT molecular complexity index is 686. The topological polar surface area (TPSA) is 66.4 Å². The second kappa shape index (κ2) is 5.48. The summed E-state index contributed by atoms with van der Waals surface area (Å²) in [4.78, 5) is 22.8. The zero-order valence-electron chi connectivity index (χ0n) is 10.1. The third-order valence-corrected chi connectivity index (χ3v) is 2.58.